The Balaban J connectivity index is 1.34. The summed E-state index contributed by atoms with van der Waals surface area (Å²) in [4.78, 5) is 17.9. The number of fused-ring (bicyclic) bond motifs is 1. The summed E-state index contributed by atoms with van der Waals surface area (Å²) in [6, 6.07) is 8.65. The Hall–Kier alpha value is -1.85. The van der Waals surface area contributed by atoms with E-state index in [1.165, 1.54) is 25.7 Å². The zero-order valence-electron chi connectivity index (χ0n) is 17.4. The molecule has 1 aliphatic carbocycles. The molecule has 2 aliphatic heterocycles. The summed E-state index contributed by atoms with van der Waals surface area (Å²) in [7, 11) is 2.01. The first kappa shape index (κ1) is 19.1. The van der Waals surface area contributed by atoms with Gasteiger partial charge in [0.1, 0.15) is 5.58 Å². The van der Waals surface area contributed by atoms with Crippen LogP contribution in [0.5, 0.6) is 0 Å². The van der Waals surface area contributed by atoms with Gasteiger partial charge < -0.3 is 14.1 Å². The summed E-state index contributed by atoms with van der Waals surface area (Å²) in [5.74, 6) is 0.189. The van der Waals surface area contributed by atoms with Crippen molar-refractivity contribution in [1.29, 1.82) is 0 Å². The van der Waals surface area contributed by atoms with Crippen molar-refractivity contribution in [2.24, 2.45) is 0 Å². The number of furan rings is 1. The molecule has 1 saturated carbocycles. The normalized spacial score (nSPS) is 30.4. The molecule has 1 aromatic heterocycles. The van der Waals surface area contributed by atoms with Gasteiger partial charge in [0.2, 0.25) is 5.91 Å². The lowest BCUT2D eigenvalue weighted by Crippen LogP contribution is -2.58. The number of carbonyl (C=O) groups excluding carboxylic acids is 1. The predicted molar refractivity (Wildman–Crippen MR) is 113 cm³/mol. The molecule has 3 aliphatic rings. The number of hydrogen-bond acceptors (Lipinski definition) is 4. The van der Waals surface area contributed by atoms with Gasteiger partial charge >= 0.3 is 0 Å². The van der Waals surface area contributed by atoms with Crippen LogP contribution in [0, 0.1) is 0 Å². The number of benzene rings is 1. The maximum Gasteiger partial charge on any atom is 0.227 e. The fourth-order valence-electron chi connectivity index (χ4n) is 5.88. The minimum atomic E-state index is 0.0639. The number of para-hydroxylation sites is 1. The number of likely N-dealkylation sites (tertiary alicyclic amines) is 1. The summed E-state index contributed by atoms with van der Waals surface area (Å²) in [5.41, 5.74) is 1.90. The number of rotatable bonds is 4. The molecular weight excluding hydrogens is 364 g/mol. The second-order valence-corrected chi connectivity index (χ2v) is 9.19. The maximum absolute atomic E-state index is 13.3. The molecule has 3 atom stereocenters. The molecule has 0 radical (unpaired) electrons. The van der Waals surface area contributed by atoms with Crippen LogP contribution in [0.15, 0.2) is 34.9 Å². The Bertz CT molecular complexity index is 864. The van der Waals surface area contributed by atoms with E-state index in [2.05, 4.69) is 4.90 Å². The van der Waals surface area contributed by atoms with Crippen molar-refractivity contribution in [2.75, 3.05) is 26.7 Å². The minimum absolute atomic E-state index is 0.0639. The van der Waals surface area contributed by atoms with Gasteiger partial charge in [0.25, 0.3) is 0 Å². The van der Waals surface area contributed by atoms with Gasteiger partial charge in [0.05, 0.1) is 18.3 Å². The average Bonchev–Trinajstić information content (AvgIpc) is 3.50. The van der Waals surface area contributed by atoms with E-state index in [4.69, 9.17) is 9.15 Å². The van der Waals surface area contributed by atoms with Crippen molar-refractivity contribution in [3.05, 3.63) is 36.1 Å². The second-order valence-electron chi connectivity index (χ2n) is 9.19. The third kappa shape index (κ3) is 3.59. The molecule has 1 amide bonds. The first-order chi connectivity index (χ1) is 14.2. The lowest BCUT2D eigenvalue weighted by atomic mass is 9.76. The summed E-state index contributed by atoms with van der Waals surface area (Å²) >= 11 is 0. The Morgan fingerprint density at radius 1 is 1.21 bits per heavy atom. The smallest absolute Gasteiger partial charge is 0.227 e. The largest absolute Gasteiger partial charge is 0.464 e. The van der Waals surface area contributed by atoms with Crippen molar-refractivity contribution in [3.8, 4) is 0 Å². The Morgan fingerprint density at radius 2 is 2.03 bits per heavy atom. The van der Waals surface area contributed by atoms with E-state index in [-0.39, 0.29) is 17.6 Å². The van der Waals surface area contributed by atoms with Crippen LogP contribution in [0.1, 0.15) is 50.5 Å². The first-order valence-corrected chi connectivity index (χ1v) is 11.2. The average molecular weight is 397 g/mol. The number of likely N-dealkylation sites (N-methyl/N-ethyl adjacent to an activating group) is 1. The van der Waals surface area contributed by atoms with Crippen LogP contribution in [0.4, 0.5) is 0 Å². The third-order valence-corrected chi connectivity index (χ3v) is 7.51. The van der Waals surface area contributed by atoms with E-state index in [0.717, 1.165) is 55.5 Å². The molecule has 29 heavy (non-hydrogen) atoms. The van der Waals surface area contributed by atoms with Gasteiger partial charge in [-0.15, -0.1) is 0 Å². The molecule has 0 N–H and O–H groups in total. The van der Waals surface area contributed by atoms with Gasteiger partial charge in [0, 0.05) is 36.7 Å². The SMILES string of the molecule is CN(C(=O)Cc1coc2ccccc12)C1CCC2(CCCO2)CC1N1CCCC1. The third-order valence-electron chi connectivity index (χ3n) is 7.51. The van der Waals surface area contributed by atoms with Crippen LogP contribution in [-0.4, -0.2) is 60.1 Å². The predicted octanol–water partition coefficient (Wildman–Crippen LogP) is 4.00. The van der Waals surface area contributed by atoms with E-state index in [9.17, 15) is 4.79 Å². The first-order valence-electron chi connectivity index (χ1n) is 11.2. The van der Waals surface area contributed by atoms with Gasteiger partial charge in [0.15, 0.2) is 0 Å². The fraction of sp³-hybridized carbons (Fsp3) is 0.625. The molecule has 2 aromatic rings. The zero-order chi connectivity index (χ0) is 19.8. The molecule has 3 unspecified atom stereocenters. The van der Waals surface area contributed by atoms with Gasteiger partial charge in [-0.3, -0.25) is 9.69 Å². The van der Waals surface area contributed by atoms with Crippen molar-refractivity contribution < 1.29 is 13.9 Å². The van der Waals surface area contributed by atoms with Crippen LogP contribution in [-0.2, 0) is 16.0 Å². The number of hydrogen-bond donors (Lipinski definition) is 0. The van der Waals surface area contributed by atoms with Gasteiger partial charge in [-0.05, 0) is 64.1 Å². The topological polar surface area (TPSA) is 45.9 Å². The minimum Gasteiger partial charge on any atom is -0.464 e. The Morgan fingerprint density at radius 3 is 2.83 bits per heavy atom. The molecule has 3 heterocycles. The Kier molecular flexibility index (Phi) is 5.12. The standard InChI is InChI=1S/C24H32N2O3/c1-25(23(27)15-18-17-28-22-8-3-2-7-19(18)22)20-9-11-24(10-6-14-29-24)16-21(20)26-12-4-5-13-26/h2-3,7-8,17,20-21H,4-6,9-16H2,1H3. The van der Waals surface area contributed by atoms with Crippen LogP contribution in [0.2, 0.25) is 0 Å². The van der Waals surface area contributed by atoms with E-state index < -0.39 is 0 Å². The molecule has 3 fully saturated rings. The van der Waals surface area contributed by atoms with E-state index >= 15 is 0 Å². The molecule has 1 spiro atoms. The molecule has 1 aromatic carbocycles. The maximum atomic E-state index is 13.3. The number of nitrogens with zero attached hydrogens (tertiary/aromatic N) is 2. The fourth-order valence-corrected chi connectivity index (χ4v) is 5.88. The van der Waals surface area contributed by atoms with Crippen LogP contribution in [0.25, 0.3) is 11.0 Å². The lowest BCUT2D eigenvalue weighted by Gasteiger charge is -2.48. The number of carbonyl (C=O) groups is 1. The summed E-state index contributed by atoms with van der Waals surface area (Å²) < 4.78 is 11.9. The van der Waals surface area contributed by atoms with Crippen molar-refractivity contribution in [2.45, 2.75) is 69.1 Å². The highest BCUT2D eigenvalue weighted by molar-refractivity contribution is 5.87. The lowest BCUT2D eigenvalue weighted by molar-refractivity contribution is -0.136. The molecule has 156 valence electrons. The zero-order valence-corrected chi connectivity index (χ0v) is 17.4. The van der Waals surface area contributed by atoms with Crippen molar-refractivity contribution >= 4 is 16.9 Å². The molecule has 5 nitrogen and oxygen atoms in total. The van der Waals surface area contributed by atoms with Crippen LogP contribution < -0.4 is 0 Å². The van der Waals surface area contributed by atoms with Crippen LogP contribution >= 0.6 is 0 Å². The highest BCUT2D eigenvalue weighted by atomic mass is 16.5. The van der Waals surface area contributed by atoms with Crippen molar-refractivity contribution in [3.63, 3.8) is 0 Å². The molecule has 2 saturated heterocycles. The quantitative estimate of drug-likeness (QED) is 0.784. The number of amides is 1. The van der Waals surface area contributed by atoms with Crippen molar-refractivity contribution in [1.82, 2.24) is 9.80 Å². The van der Waals surface area contributed by atoms with Gasteiger partial charge in [-0.2, -0.15) is 0 Å². The van der Waals surface area contributed by atoms with E-state index in [0.29, 0.717) is 12.5 Å². The molecular formula is C24H32N2O3. The summed E-state index contributed by atoms with van der Waals surface area (Å²) in [6.45, 7) is 3.22. The van der Waals surface area contributed by atoms with Gasteiger partial charge in [-0.25, -0.2) is 0 Å². The van der Waals surface area contributed by atoms with Gasteiger partial charge in [-0.1, -0.05) is 18.2 Å². The highest BCUT2D eigenvalue weighted by Crippen LogP contribution is 2.43. The van der Waals surface area contributed by atoms with E-state index in [1.54, 1.807) is 6.26 Å². The molecule has 0 bridgehead atoms. The highest BCUT2D eigenvalue weighted by Gasteiger charge is 2.47. The van der Waals surface area contributed by atoms with E-state index in [1.807, 2.05) is 36.2 Å². The Labute approximate surface area is 173 Å². The summed E-state index contributed by atoms with van der Waals surface area (Å²) in [6.07, 6.45) is 10.2. The molecule has 5 rings (SSSR count). The van der Waals surface area contributed by atoms with Crippen LogP contribution in [0.3, 0.4) is 0 Å². The monoisotopic (exact) mass is 396 g/mol. The molecule has 5 heteroatoms. The summed E-state index contributed by atoms with van der Waals surface area (Å²) in [5, 5.41) is 1.05. The second kappa shape index (κ2) is 7.77. The number of ether oxygens (including phenoxy) is 1.